The van der Waals surface area contributed by atoms with Gasteiger partial charge in [-0.05, 0) is 24.6 Å². The van der Waals surface area contributed by atoms with Gasteiger partial charge in [0.15, 0.2) is 19.4 Å². The molecular formula is C22H26O8. The summed E-state index contributed by atoms with van der Waals surface area (Å²) in [5, 5.41) is 0. The van der Waals surface area contributed by atoms with Gasteiger partial charge in [0.2, 0.25) is 0 Å². The number of esters is 1. The summed E-state index contributed by atoms with van der Waals surface area (Å²) in [4.78, 5) is 25.5. The topological polar surface area (TPSA) is 92.8 Å². The van der Waals surface area contributed by atoms with E-state index in [1.807, 2.05) is 13.0 Å². The Morgan fingerprint density at radius 2 is 1.83 bits per heavy atom. The van der Waals surface area contributed by atoms with Crippen LogP contribution in [0.25, 0.3) is 0 Å². The van der Waals surface area contributed by atoms with Crippen LogP contribution in [0.3, 0.4) is 0 Å². The van der Waals surface area contributed by atoms with Crippen molar-refractivity contribution in [1.82, 2.24) is 0 Å². The van der Waals surface area contributed by atoms with Crippen LogP contribution in [0.1, 0.15) is 29.3 Å². The van der Waals surface area contributed by atoms with Crippen LogP contribution in [0.2, 0.25) is 0 Å². The highest BCUT2D eigenvalue weighted by atomic mass is 16.7. The van der Waals surface area contributed by atoms with Crippen LogP contribution in [0.4, 0.5) is 0 Å². The summed E-state index contributed by atoms with van der Waals surface area (Å²) in [5.41, 5.74) is 0.606. The predicted octanol–water partition coefficient (Wildman–Crippen LogP) is 2.59. The SMILES string of the molecule is COCOc1cc2c(c(OCOC)c1)C(=O)O[C@H](C)C[C@H]1O[C@H]1/C=C\C=C\C(=O)C2. The van der Waals surface area contributed by atoms with Gasteiger partial charge in [-0.15, -0.1) is 0 Å². The maximum absolute atomic E-state index is 13.0. The normalized spacial score (nSPS) is 25.9. The van der Waals surface area contributed by atoms with Crippen molar-refractivity contribution >= 4 is 11.8 Å². The number of carbonyl (C=O) groups is 2. The summed E-state index contributed by atoms with van der Waals surface area (Å²) in [6, 6.07) is 3.17. The van der Waals surface area contributed by atoms with E-state index in [0.29, 0.717) is 17.7 Å². The van der Waals surface area contributed by atoms with Gasteiger partial charge in [-0.3, -0.25) is 4.79 Å². The van der Waals surface area contributed by atoms with Crippen LogP contribution in [0.5, 0.6) is 11.5 Å². The van der Waals surface area contributed by atoms with E-state index in [9.17, 15) is 9.59 Å². The maximum Gasteiger partial charge on any atom is 0.342 e. The maximum atomic E-state index is 13.0. The van der Waals surface area contributed by atoms with Crippen LogP contribution >= 0.6 is 0 Å². The number of allylic oxidation sites excluding steroid dienone is 3. The Bertz CT molecular complexity index is 829. The number of cyclic esters (lactones) is 1. The summed E-state index contributed by atoms with van der Waals surface area (Å²) in [7, 11) is 2.97. The Morgan fingerprint density at radius 3 is 2.60 bits per heavy atom. The van der Waals surface area contributed by atoms with Crippen molar-refractivity contribution in [3.63, 3.8) is 0 Å². The molecule has 2 aliphatic heterocycles. The number of benzene rings is 1. The Kier molecular flexibility index (Phi) is 7.62. The number of ether oxygens (including phenoxy) is 6. The van der Waals surface area contributed by atoms with Crippen molar-refractivity contribution < 1.29 is 38.0 Å². The van der Waals surface area contributed by atoms with Gasteiger partial charge in [-0.1, -0.05) is 18.2 Å². The molecule has 3 atom stereocenters. The molecule has 1 aromatic rings. The highest BCUT2D eigenvalue weighted by molar-refractivity contribution is 5.98. The first-order chi connectivity index (χ1) is 14.5. The molecule has 8 heteroatoms. The molecule has 0 radical (unpaired) electrons. The third-order valence-electron chi connectivity index (χ3n) is 4.59. The minimum absolute atomic E-state index is 0.00514. The Morgan fingerprint density at radius 1 is 1.07 bits per heavy atom. The van der Waals surface area contributed by atoms with Gasteiger partial charge >= 0.3 is 5.97 Å². The van der Waals surface area contributed by atoms with Gasteiger partial charge in [0.05, 0.1) is 6.10 Å². The average Bonchev–Trinajstić information content (AvgIpc) is 3.44. The first kappa shape index (κ1) is 22.0. The predicted molar refractivity (Wildman–Crippen MR) is 107 cm³/mol. The number of methoxy groups -OCH3 is 2. The van der Waals surface area contributed by atoms with E-state index in [-0.39, 0.29) is 55.4 Å². The van der Waals surface area contributed by atoms with E-state index in [4.69, 9.17) is 28.4 Å². The molecule has 2 aliphatic rings. The fourth-order valence-electron chi connectivity index (χ4n) is 3.18. The van der Waals surface area contributed by atoms with E-state index in [1.165, 1.54) is 20.3 Å². The molecule has 0 aliphatic carbocycles. The van der Waals surface area contributed by atoms with Crippen LogP contribution in [-0.2, 0) is 30.2 Å². The van der Waals surface area contributed by atoms with Crippen molar-refractivity contribution in [2.24, 2.45) is 0 Å². The van der Waals surface area contributed by atoms with Gasteiger partial charge in [0.1, 0.15) is 29.3 Å². The third-order valence-corrected chi connectivity index (χ3v) is 4.59. The molecule has 8 nitrogen and oxygen atoms in total. The molecular weight excluding hydrogens is 392 g/mol. The average molecular weight is 418 g/mol. The lowest BCUT2D eigenvalue weighted by Gasteiger charge is -2.18. The van der Waals surface area contributed by atoms with Crippen molar-refractivity contribution in [3.05, 3.63) is 47.6 Å². The Balaban J connectivity index is 1.99. The summed E-state index contributed by atoms with van der Waals surface area (Å²) in [6.07, 6.45) is 6.93. The number of carbonyl (C=O) groups excluding carboxylic acids is 2. The lowest BCUT2D eigenvalue weighted by molar-refractivity contribution is -0.114. The van der Waals surface area contributed by atoms with Crippen LogP contribution in [0, 0.1) is 0 Å². The fourth-order valence-corrected chi connectivity index (χ4v) is 3.18. The molecule has 3 rings (SSSR count). The minimum Gasteiger partial charge on any atom is -0.467 e. The number of hydrogen-bond donors (Lipinski definition) is 0. The quantitative estimate of drug-likeness (QED) is 0.395. The first-order valence-corrected chi connectivity index (χ1v) is 9.66. The van der Waals surface area contributed by atoms with E-state index in [2.05, 4.69) is 0 Å². The molecule has 2 heterocycles. The number of rotatable bonds is 6. The van der Waals surface area contributed by atoms with E-state index >= 15 is 0 Å². The second-order valence-electron chi connectivity index (χ2n) is 7.04. The van der Waals surface area contributed by atoms with Crippen molar-refractivity contribution in [3.8, 4) is 11.5 Å². The van der Waals surface area contributed by atoms with Gasteiger partial charge in [-0.25, -0.2) is 4.79 Å². The molecule has 0 aromatic heterocycles. The zero-order valence-electron chi connectivity index (χ0n) is 17.3. The Labute approximate surface area is 175 Å². The number of fused-ring (bicyclic) bond motifs is 2. The standard InChI is InChI=1S/C22H26O8/c1-14-8-19-18(30-19)7-5-4-6-16(23)9-15-10-17(27-12-25-2)11-20(28-13-26-3)21(15)22(24)29-14/h4-7,10-11,14,18-19H,8-9,12-13H2,1-3H3/b6-4+,7-5-/t14-,18+,19-/m1/s1. The number of ketones is 1. The van der Waals surface area contributed by atoms with Gasteiger partial charge in [-0.2, -0.15) is 0 Å². The monoisotopic (exact) mass is 418 g/mol. The van der Waals surface area contributed by atoms with Crippen molar-refractivity contribution in [2.75, 3.05) is 27.8 Å². The summed E-state index contributed by atoms with van der Waals surface area (Å²) in [5.74, 6) is -0.159. The molecule has 0 amide bonds. The smallest absolute Gasteiger partial charge is 0.342 e. The molecule has 162 valence electrons. The molecule has 0 bridgehead atoms. The lowest BCUT2D eigenvalue weighted by Crippen LogP contribution is -2.20. The summed E-state index contributed by atoms with van der Waals surface area (Å²) in [6.45, 7) is 1.73. The summed E-state index contributed by atoms with van der Waals surface area (Å²) >= 11 is 0. The highest BCUT2D eigenvalue weighted by Gasteiger charge is 2.38. The minimum atomic E-state index is -0.580. The van der Waals surface area contributed by atoms with Crippen molar-refractivity contribution in [1.29, 1.82) is 0 Å². The first-order valence-electron chi connectivity index (χ1n) is 9.66. The molecule has 1 saturated heterocycles. The molecule has 0 saturated carbocycles. The molecule has 0 spiro atoms. The van der Waals surface area contributed by atoms with E-state index < -0.39 is 5.97 Å². The molecule has 1 fully saturated rings. The van der Waals surface area contributed by atoms with Crippen LogP contribution < -0.4 is 9.47 Å². The molecule has 1 aromatic carbocycles. The number of epoxide rings is 1. The van der Waals surface area contributed by atoms with Gasteiger partial charge < -0.3 is 28.4 Å². The number of hydrogen-bond acceptors (Lipinski definition) is 8. The van der Waals surface area contributed by atoms with Gasteiger partial charge in [0.25, 0.3) is 0 Å². The van der Waals surface area contributed by atoms with Gasteiger partial charge in [0, 0.05) is 33.1 Å². The zero-order chi connectivity index (χ0) is 21.5. The fraction of sp³-hybridized carbons (Fsp3) is 0.455. The largest absolute Gasteiger partial charge is 0.467 e. The lowest BCUT2D eigenvalue weighted by atomic mass is 10.00. The van der Waals surface area contributed by atoms with Crippen LogP contribution in [0.15, 0.2) is 36.4 Å². The Hall–Kier alpha value is -2.68. The van der Waals surface area contributed by atoms with E-state index in [1.54, 1.807) is 24.3 Å². The summed E-state index contributed by atoms with van der Waals surface area (Å²) < 4.78 is 32.2. The van der Waals surface area contributed by atoms with Crippen LogP contribution in [-0.4, -0.2) is 57.9 Å². The second-order valence-corrected chi connectivity index (χ2v) is 7.04. The van der Waals surface area contributed by atoms with E-state index in [0.717, 1.165) is 0 Å². The third kappa shape index (κ3) is 5.91. The zero-order valence-corrected chi connectivity index (χ0v) is 17.3. The molecule has 30 heavy (non-hydrogen) atoms. The molecule has 0 N–H and O–H groups in total. The second kappa shape index (κ2) is 10.4. The highest BCUT2D eigenvalue weighted by Crippen LogP contribution is 2.33. The van der Waals surface area contributed by atoms with Crippen molar-refractivity contribution in [2.45, 2.75) is 38.1 Å². The molecule has 0 unspecified atom stereocenters.